The Morgan fingerprint density at radius 1 is 1.28 bits per heavy atom. The Morgan fingerprint density at radius 3 is 2.44 bits per heavy atom. The zero-order chi connectivity index (χ0) is 13.8. The van der Waals surface area contributed by atoms with Gasteiger partial charge in [-0.25, -0.2) is 0 Å². The van der Waals surface area contributed by atoms with E-state index in [1.165, 1.54) is 25.7 Å². The largest absolute Gasteiger partial charge is 0.311 e. The molecular formula is C15H31NOS. The van der Waals surface area contributed by atoms with E-state index in [4.69, 9.17) is 0 Å². The fourth-order valence-electron chi connectivity index (χ4n) is 3.16. The van der Waals surface area contributed by atoms with Crippen LogP contribution < -0.4 is 5.32 Å². The normalized spacial score (nSPS) is 28.9. The lowest BCUT2D eigenvalue weighted by atomic mass is 9.69. The minimum absolute atomic E-state index is 0.394. The van der Waals surface area contributed by atoms with Gasteiger partial charge in [-0.3, -0.25) is 4.21 Å². The fourth-order valence-corrected chi connectivity index (χ4v) is 3.84. The Labute approximate surface area is 116 Å². The summed E-state index contributed by atoms with van der Waals surface area (Å²) in [5.74, 6) is 1.60. The van der Waals surface area contributed by atoms with Gasteiger partial charge in [0.25, 0.3) is 0 Å². The molecule has 1 aliphatic carbocycles. The van der Waals surface area contributed by atoms with E-state index in [0.29, 0.717) is 17.5 Å². The minimum Gasteiger partial charge on any atom is -0.311 e. The van der Waals surface area contributed by atoms with E-state index in [0.717, 1.165) is 18.1 Å². The summed E-state index contributed by atoms with van der Waals surface area (Å²) in [5, 5.41) is 3.80. The summed E-state index contributed by atoms with van der Waals surface area (Å²) in [5.41, 5.74) is 0.394. The Balaban J connectivity index is 2.49. The molecule has 0 saturated heterocycles. The van der Waals surface area contributed by atoms with Crippen LogP contribution in [0.3, 0.4) is 0 Å². The molecule has 18 heavy (non-hydrogen) atoms. The SMILES string of the molecule is CC(CCS(C)=O)NC1CCCCC1C(C)(C)C. The third-order valence-electron chi connectivity index (χ3n) is 4.22. The highest BCUT2D eigenvalue weighted by Gasteiger charge is 2.34. The van der Waals surface area contributed by atoms with E-state index in [1.807, 2.05) is 0 Å². The maximum absolute atomic E-state index is 11.1. The van der Waals surface area contributed by atoms with E-state index < -0.39 is 10.8 Å². The van der Waals surface area contributed by atoms with Gasteiger partial charge in [0, 0.05) is 34.9 Å². The van der Waals surface area contributed by atoms with Crippen LogP contribution >= 0.6 is 0 Å². The third kappa shape index (κ3) is 5.40. The Hall–Kier alpha value is 0.110. The second kappa shape index (κ2) is 7.04. The summed E-state index contributed by atoms with van der Waals surface area (Å²) < 4.78 is 11.1. The maximum atomic E-state index is 11.1. The maximum Gasteiger partial charge on any atom is 0.0246 e. The average Bonchev–Trinajstić information content (AvgIpc) is 2.25. The van der Waals surface area contributed by atoms with E-state index >= 15 is 0 Å². The van der Waals surface area contributed by atoms with E-state index in [2.05, 4.69) is 33.0 Å². The van der Waals surface area contributed by atoms with Crippen molar-refractivity contribution in [3.05, 3.63) is 0 Å². The Morgan fingerprint density at radius 2 is 1.89 bits per heavy atom. The molecule has 0 spiro atoms. The second-order valence-corrected chi connectivity index (χ2v) is 8.55. The summed E-state index contributed by atoms with van der Waals surface area (Å²) in [7, 11) is -0.659. The average molecular weight is 273 g/mol. The fraction of sp³-hybridized carbons (Fsp3) is 1.00. The van der Waals surface area contributed by atoms with Crippen molar-refractivity contribution >= 4 is 10.8 Å². The van der Waals surface area contributed by atoms with Crippen LogP contribution in [-0.2, 0) is 10.8 Å². The van der Waals surface area contributed by atoms with Crippen LogP contribution in [0.5, 0.6) is 0 Å². The molecule has 1 aliphatic rings. The van der Waals surface area contributed by atoms with Crippen LogP contribution in [0.1, 0.15) is 59.8 Å². The first-order chi connectivity index (χ1) is 8.30. The zero-order valence-electron chi connectivity index (χ0n) is 12.8. The third-order valence-corrected chi connectivity index (χ3v) is 5.03. The molecule has 1 fully saturated rings. The molecular weight excluding hydrogens is 242 g/mol. The van der Waals surface area contributed by atoms with Crippen molar-refractivity contribution in [2.75, 3.05) is 12.0 Å². The van der Waals surface area contributed by atoms with E-state index in [-0.39, 0.29) is 0 Å². The predicted molar refractivity (Wildman–Crippen MR) is 81.3 cm³/mol. The molecule has 1 rings (SSSR count). The standard InChI is InChI=1S/C15H31NOS/c1-12(10-11-18(5)17)16-14-9-7-6-8-13(14)15(2,3)4/h12-14,16H,6-11H2,1-5H3. The molecule has 0 heterocycles. The highest BCUT2D eigenvalue weighted by Crippen LogP contribution is 2.38. The van der Waals surface area contributed by atoms with Gasteiger partial charge < -0.3 is 5.32 Å². The van der Waals surface area contributed by atoms with Gasteiger partial charge in [-0.2, -0.15) is 0 Å². The van der Waals surface area contributed by atoms with Gasteiger partial charge in [0.2, 0.25) is 0 Å². The van der Waals surface area contributed by atoms with Gasteiger partial charge in [0.15, 0.2) is 0 Å². The van der Waals surface area contributed by atoms with Gasteiger partial charge in [-0.05, 0) is 37.5 Å². The molecule has 4 atom stereocenters. The number of rotatable bonds is 5. The topological polar surface area (TPSA) is 29.1 Å². The van der Waals surface area contributed by atoms with E-state index in [1.54, 1.807) is 6.26 Å². The lowest BCUT2D eigenvalue weighted by molar-refractivity contribution is 0.124. The molecule has 0 aromatic heterocycles. The summed E-state index contributed by atoms with van der Waals surface area (Å²) in [6.45, 7) is 9.33. The summed E-state index contributed by atoms with van der Waals surface area (Å²) >= 11 is 0. The monoisotopic (exact) mass is 273 g/mol. The molecule has 3 heteroatoms. The van der Waals surface area contributed by atoms with Crippen molar-refractivity contribution in [3.8, 4) is 0 Å². The van der Waals surface area contributed by atoms with Crippen LogP contribution in [0, 0.1) is 11.3 Å². The van der Waals surface area contributed by atoms with Crippen molar-refractivity contribution in [1.29, 1.82) is 0 Å². The van der Waals surface area contributed by atoms with Crippen LogP contribution in [0.25, 0.3) is 0 Å². The van der Waals surface area contributed by atoms with Crippen LogP contribution in [0.4, 0.5) is 0 Å². The summed E-state index contributed by atoms with van der Waals surface area (Å²) in [4.78, 5) is 0. The predicted octanol–water partition coefficient (Wildman–Crippen LogP) is 3.34. The lowest BCUT2D eigenvalue weighted by Crippen LogP contribution is -2.47. The molecule has 0 aromatic carbocycles. The van der Waals surface area contributed by atoms with E-state index in [9.17, 15) is 4.21 Å². The zero-order valence-corrected chi connectivity index (χ0v) is 13.6. The molecule has 0 aliphatic heterocycles. The van der Waals surface area contributed by atoms with Crippen molar-refractivity contribution in [1.82, 2.24) is 5.32 Å². The number of hydrogen-bond donors (Lipinski definition) is 1. The van der Waals surface area contributed by atoms with Gasteiger partial charge in [-0.1, -0.05) is 33.6 Å². The summed E-state index contributed by atoms with van der Waals surface area (Å²) in [6, 6.07) is 1.14. The minimum atomic E-state index is -0.659. The molecule has 2 nitrogen and oxygen atoms in total. The van der Waals surface area contributed by atoms with Crippen molar-refractivity contribution in [3.63, 3.8) is 0 Å². The highest BCUT2D eigenvalue weighted by molar-refractivity contribution is 7.84. The smallest absolute Gasteiger partial charge is 0.0246 e. The molecule has 108 valence electrons. The number of hydrogen-bond acceptors (Lipinski definition) is 2. The van der Waals surface area contributed by atoms with Crippen LogP contribution in [-0.4, -0.2) is 28.3 Å². The first-order valence-corrected chi connectivity index (χ1v) is 9.09. The van der Waals surface area contributed by atoms with Crippen molar-refractivity contribution < 1.29 is 4.21 Å². The summed E-state index contributed by atoms with van der Waals surface area (Å²) in [6.07, 6.45) is 8.22. The molecule has 0 radical (unpaired) electrons. The molecule has 0 amide bonds. The molecule has 0 bridgehead atoms. The van der Waals surface area contributed by atoms with Crippen LogP contribution in [0.15, 0.2) is 0 Å². The Bertz CT molecular complexity index is 272. The van der Waals surface area contributed by atoms with Gasteiger partial charge in [0.05, 0.1) is 0 Å². The Kier molecular flexibility index (Phi) is 6.32. The van der Waals surface area contributed by atoms with Crippen molar-refractivity contribution in [2.45, 2.75) is 71.9 Å². The van der Waals surface area contributed by atoms with Gasteiger partial charge in [-0.15, -0.1) is 0 Å². The van der Waals surface area contributed by atoms with Gasteiger partial charge in [0.1, 0.15) is 0 Å². The first-order valence-electron chi connectivity index (χ1n) is 7.37. The quantitative estimate of drug-likeness (QED) is 0.832. The highest BCUT2D eigenvalue weighted by atomic mass is 32.2. The lowest BCUT2D eigenvalue weighted by Gasteiger charge is -2.42. The molecule has 1 saturated carbocycles. The first kappa shape index (κ1) is 16.2. The number of nitrogens with one attached hydrogen (secondary N) is 1. The molecule has 0 aromatic rings. The second-order valence-electron chi connectivity index (χ2n) is 7.00. The van der Waals surface area contributed by atoms with Crippen molar-refractivity contribution in [2.24, 2.45) is 11.3 Å². The molecule has 1 N–H and O–H groups in total. The van der Waals surface area contributed by atoms with Gasteiger partial charge >= 0.3 is 0 Å². The molecule has 4 unspecified atom stereocenters. The van der Waals surface area contributed by atoms with Crippen LogP contribution in [0.2, 0.25) is 0 Å².